The van der Waals surface area contributed by atoms with E-state index in [-0.39, 0.29) is 5.60 Å². The van der Waals surface area contributed by atoms with Gasteiger partial charge in [-0.2, -0.15) is 0 Å². The summed E-state index contributed by atoms with van der Waals surface area (Å²) in [6, 6.07) is 0. The van der Waals surface area contributed by atoms with Crippen LogP contribution in [0.25, 0.3) is 0 Å². The Morgan fingerprint density at radius 3 is 2.50 bits per heavy atom. The molecule has 0 aromatic heterocycles. The molecular weight excluding hydrogens is 224 g/mol. The second-order valence-electron chi connectivity index (χ2n) is 6.71. The maximum absolute atomic E-state index is 5.71. The highest BCUT2D eigenvalue weighted by Crippen LogP contribution is 2.39. The third kappa shape index (κ3) is 3.25. The van der Waals surface area contributed by atoms with Crippen LogP contribution >= 0.6 is 0 Å². The number of methoxy groups -OCH3 is 1. The fourth-order valence-electron chi connectivity index (χ4n) is 3.97. The molecule has 0 spiro atoms. The van der Waals surface area contributed by atoms with Gasteiger partial charge >= 0.3 is 0 Å². The zero-order chi connectivity index (χ0) is 13.1. The molecule has 1 aliphatic carbocycles. The van der Waals surface area contributed by atoms with Crippen LogP contribution in [0.4, 0.5) is 0 Å². The molecule has 1 unspecified atom stereocenters. The first-order valence-electron chi connectivity index (χ1n) is 7.54. The van der Waals surface area contributed by atoms with Crippen LogP contribution in [0, 0.1) is 5.41 Å². The van der Waals surface area contributed by atoms with E-state index in [4.69, 9.17) is 4.74 Å². The molecule has 0 aromatic rings. The van der Waals surface area contributed by atoms with E-state index in [0.29, 0.717) is 5.41 Å². The summed E-state index contributed by atoms with van der Waals surface area (Å²) in [5.41, 5.74) is 0.610. The summed E-state index contributed by atoms with van der Waals surface area (Å²) < 4.78 is 5.71. The zero-order valence-corrected chi connectivity index (χ0v) is 12.4. The molecule has 0 aromatic carbocycles. The van der Waals surface area contributed by atoms with Crippen LogP contribution in [0.2, 0.25) is 0 Å². The van der Waals surface area contributed by atoms with Crippen molar-refractivity contribution in [3.05, 3.63) is 0 Å². The van der Waals surface area contributed by atoms with Crippen molar-refractivity contribution in [3.63, 3.8) is 0 Å². The van der Waals surface area contributed by atoms with Crippen molar-refractivity contribution < 1.29 is 4.74 Å². The van der Waals surface area contributed by atoms with Crippen molar-refractivity contribution in [2.75, 3.05) is 40.3 Å². The van der Waals surface area contributed by atoms with Gasteiger partial charge in [-0.25, -0.2) is 0 Å². The molecule has 1 atom stereocenters. The summed E-state index contributed by atoms with van der Waals surface area (Å²) in [5.74, 6) is 0. The zero-order valence-electron chi connectivity index (χ0n) is 12.4. The monoisotopic (exact) mass is 254 g/mol. The lowest BCUT2D eigenvalue weighted by atomic mass is 9.84. The van der Waals surface area contributed by atoms with E-state index in [1.54, 1.807) is 0 Å². The molecule has 1 saturated carbocycles. The standard InChI is InChI=1S/C15H30N2O/c1-14(18-3)7-6-10-17(12-14)13-15(11-16-2)8-4-5-9-15/h16H,4-13H2,1-3H3. The number of hydrogen-bond acceptors (Lipinski definition) is 3. The van der Waals surface area contributed by atoms with Gasteiger partial charge in [-0.15, -0.1) is 0 Å². The number of likely N-dealkylation sites (tertiary alicyclic amines) is 1. The average Bonchev–Trinajstić information content (AvgIpc) is 2.78. The topological polar surface area (TPSA) is 24.5 Å². The summed E-state index contributed by atoms with van der Waals surface area (Å²) in [7, 11) is 3.96. The molecule has 18 heavy (non-hydrogen) atoms. The van der Waals surface area contributed by atoms with Gasteiger partial charge in [0.05, 0.1) is 5.60 Å². The predicted octanol–water partition coefficient (Wildman–Crippen LogP) is 2.27. The molecule has 0 amide bonds. The maximum atomic E-state index is 5.71. The Balaban J connectivity index is 1.94. The van der Waals surface area contributed by atoms with E-state index in [1.807, 2.05) is 7.11 Å². The number of hydrogen-bond donors (Lipinski definition) is 1. The molecule has 2 aliphatic rings. The quantitative estimate of drug-likeness (QED) is 0.814. The highest BCUT2D eigenvalue weighted by Gasteiger charge is 2.38. The second kappa shape index (κ2) is 5.89. The molecule has 3 nitrogen and oxygen atoms in total. The van der Waals surface area contributed by atoms with Gasteiger partial charge in [0.15, 0.2) is 0 Å². The van der Waals surface area contributed by atoms with Crippen molar-refractivity contribution in [1.82, 2.24) is 10.2 Å². The molecular formula is C15H30N2O. The number of ether oxygens (including phenoxy) is 1. The van der Waals surface area contributed by atoms with E-state index in [2.05, 4.69) is 24.2 Å². The summed E-state index contributed by atoms with van der Waals surface area (Å²) in [4.78, 5) is 2.65. The Bertz CT molecular complexity index is 263. The Kier molecular flexibility index (Phi) is 4.68. The molecule has 0 radical (unpaired) electrons. The van der Waals surface area contributed by atoms with E-state index in [0.717, 1.165) is 6.54 Å². The molecule has 2 fully saturated rings. The summed E-state index contributed by atoms with van der Waals surface area (Å²) in [6.07, 6.45) is 8.11. The number of nitrogens with zero attached hydrogens (tertiary/aromatic N) is 1. The van der Waals surface area contributed by atoms with Gasteiger partial charge < -0.3 is 10.1 Å². The number of nitrogens with one attached hydrogen (secondary N) is 1. The minimum atomic E-state index is 0.0810. The van der Waals surface area contributed by atoms with Crippen LogP contribution in [0.15, 0.2) is 0 Å². The lowest BCUT2D eigenvalue weighted by Gasteiger charge is -2.43. The van der Waals surface area contributed by atoms with Gasteiger partial charge in [0.1, 0.15) is 0 Å². The van der Waals surface area contributed by atoms with E-state index in [9.17, 15) is 0 Å². The van der Waals surface area contributed by atoms with Gasteiger partial charge in [0.2, 0.25) is 0 Å². The molecule has 1 saturated heterocycles. The first-order valence-corrected chi connectivity index (χ1v) is 7.54. The fourth-order valence-corrected chi connectivity index (χ4v) is 3.97. The summed E-state index contributed by atoms with van der Waals surface area (Å²) in [5, 5.41) is 3.42. The first-order chi connectivity index (χ1) is 8.61. The minimum absolute atomic E-state index is 0.0810. The normalized spacial score (nSPS) is 32.8. The van der Waals surface area contributed by atoms with Crippen LogP contribution in [-0.4, -0.2) is 50.8 Å². The van der Waals surface area contributed by atoms with Crippen molar-refractivity contribution in [1.29, 1.82) is 0 Å². The van der Waals surface area contributed by atoms with Gasteiger partial charge in [0, 0.05) is 26.7 Å². The lowest BCUT2D eigenvalue weighted by Crippen LogP contribution is -2.51. The summed E-state index contributed by atoms with van der Waals surface area (Å²) >= 11 is 0. The lowest BCUT2D eigenvalue weighted by molar-refractivity contribution is -0.0589. The van der Waals surface area contributed by atoms with Crippen molar-refractivity contribution in [2.45, 2.75) is 51.0 Å². The van der Waals surface area contributed by atoms with Crippen LogP contribution in [-0.2, 0) is 4.74 Å². The molecule has 106 valence electrons. The average molecular weight is 254 g/mol. The van der Waals surface area contributed by atoms with Crippen LogP contribution in [0.3, 0.4) is 0 Å². The molecule has 3 heteroatoms. The third-order valence-electron chi connectivity index (χ3n) is 5.01. The molecule has 0 bridgehead atoms. The van der Waals surface area contributed by atoms with E-state index in [1.165, 1.54) is 58.2 Å². The third-order valence-corrected chi connectivity index (χ3v) is 5.01. The molecule has 1 aliphatic heterocycles. The Labute approximate surface area is 112 Å². The van der Waals surface area contributed by atoms with Crippen molar-refractivity contribution >= 4 is 0 Å². The Morgan fingerprint density at radius 2 is 1.89 bits per heavy atom. The fraction of sp³-hybridized carbons (Fsp3) is 1.00. The van der Waals surface area contributed by atoms with Gasteiger partial charge in [-0.05, 0) is 51.6 Å². The Morgan fingerprint density at radius 1 is 1.17 bits per heavy atom. The van der Waals surface area contributed by atoms with Crippen LogP contribution in [0.1, 0.15) is 45.4 Å². The van der Waals surface area contributed by atoms with Crippen molar-refractivity contribution in [3.8, 4) is 0 Å². The first kappa shape index (κ1) is 14.3. The van der Waals surface area contributed by atoms with Gasteiger partial charge in [0.25, 0.3) is 0 Å². The maximum Gasteiger partial charge on any atom is 0.0777 e. The van der Waals surface area contributed by atoms with Crippen LogP contribution in [0.5, 0.6) is 0 Å². The minimum Gasteiger partial charge on any atom is -0.377 e. The molecule has 1 N–H and O–H groups in total. The summed E-state index contributed by atoms with van der Waals surface area (Å²) in [6.45, 7) is 7.05. The van der Waals surface area contributed by atoms with E-state index < -0.39 is 0 Å². The SMILES string of the molecule is CNCC1(CN2CCCC(C)(OC)C2)CCCC1. The number of rotatable bonds is 5. The van der Waals surface area contributed by atoms with E-state index >= 15 is 0 Å². The smallest absolute Gasteiger partial charge is 0.0777 e. The highest BCUT2D eigenvalue weighted by atomic mass is 16.5. The second-order valence-corrected chi connectivity index (χ2v) is 6.71. The van der Waals surface area contributed by atoms with Crippen LogP contribution < -0.4 is 5.32 Å². The molecule has 2 rings (SSSR count). The predicted molar refractivity (Wildman–Crippen MR) is 75.9 cm³/mol. The highest BCUT2D eigenvalue weighted by molar-refractivity contribution is 4.92. The van der Waals surface area contributed by atoms with Gasteiger partial charge in [-0.3, -0.25) is 4.90 Å². The van der Waals surface area contributed by atoms with Crippen molar-refractivity contribution in [2.24, 2.45) is 5.41 Å². The number of piperidine rings is 1. The molecule has 1 heterocycles. The van der Waals surface area contributed by atoms with Gasteiger partial charge in [-0.1, -0.05) is 12.8 Å². The largest absolute Gasteiger partial charge is 0.377 e. The Hall–Kier alpha value is -0.120.